The van der Waals surface area contributed by atoms with Gasteiger partial charge in [0, 0.05) is 30.3 Å². The first-order valence-electron chi connectivity index (χ1n) is 4.72. The van der Waals surface area contributed by atoms with Gasteiger partial charge in [0.1, 0.15) is 0 Å². The van der Waals surface area contributed by atoms with Crippen LogP contribution in [0.3, 0.4) is 0 Å². The summed E-state index contributed by atoms with van der Waals surface area (Å²) in [5.41, 5.74) is 0.792. The van der Waals surface area contributed by atoms with Gasteiger partial charge in [0.05, 0.1) is 10.7 Å². The zero-order valence-corrected chi connectivity index (χ0v) is 10.7. The van der Waals surface area contributed by atoms with Crippen molar-refractivity contribution in [3.05, 3.63) is 28.6 Å². The number of nitrogens with zero attached hydrogens (tertiary/aromatic N) is 3. The largest absolute Gasteiger partial charge is 0.465 e. The number of anilines is 1. The molecule has 2 heterocycles. The van der Waals surface area contributed by atoms with Gasteiger partial charge in [-0.1, -0.05) is 11.6 Å². The Kier molecular flexibility index (Phi) is 3.44. The number of hydrogen-bond donors (Lipinski definition) is 1. The summed E-state index contributed by atoms with van der Waals surface area (Å²) in [7, 11) is 1.37. The first-order chi connectivity index (χ1) is 8.49. The van der Waals surface area contributed by atoms with Crippen LogP contribution in [0.4, 0.5) is 14.3 Å². The summed E-state index contributed by atoms with van der Waals surface area (Å²) in [6.07, 6.45) is 0.0643. The molecular weight excluding hydrogens is 281 g/mol. The molecule has 0 saturated carbocycles. The third kappa shape index (κ3) is 2.41. The van der Waals surface area contributed by atoms with E-state index < -0.39 is 12.0 Å². The van der Waals surface area contributed by atoms with Gasteiger partial charge in [-0.05, 0) is 0 Å². The monoisotopic (exact) mass is 287 g/mol. The molecule has 0 radical (unpaired) electrons. The highest BCUT2D eigenvalue weighted by Gasteiger charge is 2.15. The SMILES string of the molecule is CN(C(=O)O)c1nc(-c2cc(F)ncc2Cl)cs1. The van der Waals surface area contributed by atoms with Crippen molar-refractivity contribution >= 4 is 34.2 Å². The van der Waals surface area contributed by atoms with Crippen molar-refractivity contribution in [1.29, 1.82) is 0 Å². The van der Waals surface area contributed by atoms with Crippen LogP contribution in [0.15, 0.2) is 17.6 Å². The third-order valence-corrected chi connectivity index (χ3v) is 3.38. The van der Waals surface area contributed by atoms with E-state index in [9.17, 15) is 9.18 Å². The highest BCUT2D eigenvalue weighted by molar-refractivity contribution is 7.14. The van der Waals surface area contributed by atoms with Gasteiger partial charge in [0.15, 0.2) is 5.13 Å². The van der Waals surface area contributed by atoms with Crippen LogP contribution in [0.2, 0.25) is 5.02 Å². The van der Waals surface area contributed by atoms with E-state index in [-0.39, 0.29) is 10.2 Å². The molecule has 2 rings (SSSR count). The van der Waals surface area contributed by atoms with E-state index >= 15 is 0 Å². The average Bonchev–Trinajstić information content (AvgIpc) is 2.80. The lowest BCUT2D eigenvalue weighted by Gasteiger charge is -2.07. The summed E-state index contributed by atoms with van der Waals surface area (Å²) in [4.78, 5) is 19.2. The fourth-order valence-corrected chi connectivity index (χ4v) is 2.22. The Bertz CT molecular complexity index is 605. The molecule has 5 nitrogen and oxygen atoms in total. The number of halogens is 2. The minimum Gasteiger partial charge on any atom is -0.465 e. The van der Waals surface area contributed by atoms with Crippen molar-refractivity contribution < 1.29 is 14.3 Å². The van der Waals surface area contributed by atoms with Gasteiger partial charge in [-0.15, -0.1) is 11.3 Å². The topological polar surface area (TPSA) is 66.3 Å². The number of rotatable bonds is 2. The summed E-state index contributed by atoms with van der Waals surface area (Å²) < 4.78 is 13.0. The summed E-state index contributed by atoms with van der Waals surface area (Å²) >= 11 is 7.02. The minimum atomic E-state index is -1.12. The number of aromatic nitrogens is 2. The second kappa shape index (κ2) is 4.87. The van der Waals surface area contributed by atoms with E-state index in [2.05, 4.69) is 9.97 Å². The first-order valence-corrected chi connectivity index (χ1v) is 5.98. The Morgan fingerprint density at radius 2 is 2.33 bits per heavy atom. The van der Waals surface area contributed by atoms with Crippen LogP contribution >= 0.6 is 22.9 Å². The lowest BCUT2D eigenvalue weighted by atomic mass is 10.2. The van der Waals surface area contributed by atoms with Gasteiger partial charge in [0.25, 0.3) is 0 Å². The Labute approximate surface area is 110 Å². The second-order valence-corrected chi connectivity index (χ2v) is 4.59. The van der Waals surface area contributed by atoms with E-state index in [4.69, 9.17) is 16.7 Å². The molecule has 2 aromatic heterocycles. The van der Waals surface area contributed by atoms with E-state index in [1.54, 1.807) is 5.38 Å². The fourth-order valence-electron chi connectivity index (χ4n) is 1.23. The molecule has 8 heteroatoms. The van der Waals surface area contributed by atoms with Crippen LogP contribution in [0.25, 0.3) is 11.3 Å². The number of pyridine rings is 1. The van der Waals surface area contributed by atoms with Crippen molar-refractivity contribution in [1.82, 2.24) is 9.97 Å². The zero-order chi connectivity index (χ0) is 13.3. The molecule has 0 fully saturated rings. The molecule has 0 saturated heterocycles. The maximum absolute atomic E-state index is 13.0. The van der Waals surface area contributed by atoms with Gasteiger partial charge < -0.3 is 5.11 Å². The number of thiazole rings is 1. The fraction of sp³-hybridized carbons (Fsp3) is 0.100. The maximum atomic E-state index is 13.0. The molecular formula is C10H7ClFN3O2S. The highest BCUT2D eigenvalue weighted by atomic mass is 35.5. The molecule has 0 aromatic carbocycles. The lowest BCUT2D eigenvalue weighted by Crippen LogP contribution is -2.23. The molecule has 18 heavy (non-hydrogen) atoms. The molecule has 0 aliphatic rings. The number of carbonyl (C=O) groups is 1. The molecule has 1 N–H and O–H groups in total. The van der Waals surface area contributed by atoms with Gasteiger partial charge in [-0.2, -0.15) is 4.39 Å². The quantitative estimate of drug-likeness (QED) is 0.862. The summed E-state index contributed by atoms with van der Waals surface area (Å²) in [6, 6.07) is 1.15. The molecule has 0 aliphatic heterocycles. The van der Waals surface area contributed by atoms with Crippen LogP contribution in [0, 0.1) is 5.95 Å². The lowest BCUT2D eigenvalue weighted by molar-refractivity contribution is 0.203. The Hall–Kier alpha value is -1.73. The zero-order valence-electron chi connectivity index (χ0n) is 9.09. The molecule has 0 unspecified atom stereocenters. The van der Waals surface area contributed by atoms with Gasteiger partial charge in [0.2, 0.25) is 5.95 Å². The predicted octanol–water partition coefficient (Wildman–Crippen LogP) is 3.11. The molecule has 1 amide bonds. The summed E-state index contributed by atoms with van der Waals surface area (Å²) in [6.45, 7) is 0. The summed E-state index contributed by atoms with van der Waals surface area (Å²) in [5, 5.41) is 11.0. The second-order valence-electron chi connectivity index (χ2n) is 3.34. The van der Waals surface area contributed by atoms with Crippen molar-refractivity contribution in [3.63, 3.8) is 0 Å². The average molecular weight is 288 g/mol. The van der Waals surface area contributed by atoms with Crippen molar-refractivity contribution in [2.24, 2.45) is 0 Å². The van der Waals surface area contributed by atoms with E-state index in [1.807, 2.05) is 0 Å². The molecule has 94 valence electrons. The Morgan fingerprint density at radius 3 is 3.00 bits per heavy atom. The number of carboxylic acid groups (broad SMARTS) is 1. The smallest absolute Gasteiger partial charge is 0.413 e. The summed E-state index contributed by atoms with van der Waals surface area (Å²) in [5.74, 6) is -0.671. The van der Waals surface area contributed by atoms with Gasteiger partial charge >= 0.3 is 6.09 Å². The van der Waals surface area contributed by atoms with Crippen LogP contribution in [-0.2, 0) is 0 Å². The van der Waals surface area contributed by atoms with E-state index in [1.165, 1.54) is 13.2 Å². The maximum Gasteiger partial charge on any atom is 0.413 e. The predicted molar refractivity (Wildman–Crippen MR) is 66.7 cm³/mol. The van der Waals surface area contributed by atoms with Crippen LogP contribution in [0.1, 0.15) is 0 Å². The van der Waals surface area contributed by atoms with Crippen LogP contribution < -0.4 is 4.90 Å². The van der Waals surface area contributed by atoms with Gasteiger partial charge in [-0.3, -0.25) is 4.90 Å². The van der Waals surface area contributed by atoms with Crippen LogP contribution in [0.5, 0.6) is 0 Å². The highest BCUT2D eigenvalue weighted by Crippen LogP contribution is 2.31. The normalized spacial score (nSPS) is 10.4. The van der Waals surface area contributed by atoms with Crippen molar-refractivity contribution in [2.75, 3.05) is 11.9 Å². The standard InChI is InChI=1S/C10H7ClFN3O2S/c1-15(10(16)17)9-14-7(4-18-9)5-2-8(12)13-3-6(5)11/h2-4H,1H3,(H,16,17). The number of amides is 1. The minimum absolute atomic E-state index is 0.256. The van der Waals surface area contributed by atoms with Crippen LogP contribution in [-0.4, -0.2) is 28.2 Å². The molecule has 0 aliphatic carbocycles. The Balaban J connectivity index is 2.41. The molecule has 0 spiro atoms. The third-order valence-electron chi connectivity index (χ3n) is 2.16. The van der Waals surface area contributed by atoms with Crippen molar-refractivity contribution in [3.8, 4) is 11.3 Å². The molecule has 0 atom stereocenters. The number of hydrogen-bond acceptors (Lipinski definition) is 4. The Morgan fingerprint density at radius 1 is 1.61 bits per heavy atom. The first kappa shape index (κ1) is 12.7. The van der Waals surface area contributed by atoms with Crippen molar-refractivity contribution in [2.45, 2.75) is 0 Å². The molecule has 0 bridgehead atoms. The van der Waals surface area contributed by atoms with E-state index in [0.717, 1.165) is 22.3 Å². The van der Waals surface area contributed by atoms with Gasteiger partial charge in [-0.25, -0.2) is 14.8 Å². The van der Waals surface area contributed by atoms with E-state index in [0.29, 0.717) is 11.3 Å². The molecule has 2 aromatic rings.